The summed E-state index contributed by atoms with van der Waals surface area (Å²) in [6.07, 6.45) is 0. The normalized spacial score (nSPS) is 12.1. The Morgan fingerprint density at radius 2 is 2.56 bits per heavy atom. The van der Waals surface area contributed by atoms with E-state index in [4.69, 9.17) is 11.8 Å². The van der Waals surface area contributed by atoms with Gasteiger partial charge in [0.1, 0.15) is 8.51 Å². The minimum Gasteiger partial charge on any atom is -0.313 e. The zero-order valence-corrected chi connectivity index (χ0v) is 8.87. The quantitative estimate of drug-likeness (QED) is 0.693. The molecule has 4 nitrogen and oxygen atoms in total. The van der Waals surface area contributed by atoms with Gasteiger partial charge in [-0.1, -0.05) is 0 Å². The highest BCUT2D eigenvalue weighted by Crippen LogP contribution is 2.10. The van der Waals surface area contributed by atoms with Gasteiger partial charge in [-0.05, 0) is 0 Å². The third kappa shape index (κ3) is 3.40. The molecule has 9 heavy (non-hydrogen) atoms. The van der Waals surface area contributed by atoms with Crippen LogP contribution in [0.15, 0.2) is 0 Å². The monoisotopic (exact) mass is 220 g/mol. The molecule has 1 aromatic rings. The summed E-state index contributed by atoms with van der Waals surface area (Å²) in [7, 11) is 2.33. The first-order valence-corrected chi connectivity index (χ1v) is 6.04. The fraction of sp³-hybridized carbons (Fsp3) is 0. The number of halogens is 1. The number of nitrogens with one attached hydrogen (secondary N) is 2. The van der Waals surface area contributed by atoms with Crippen LogP contribution in [0.1, 0.15) is 0 Å². The first-order chi connectivity index (χ1) is 4.39. The van der Waals surface area contributed by atoms with E-state index in [1.165, 1.54) is 0 Å². The van der Waals surface area contributed by atoms with Crippen LogP contribution < -0.4 is 0 Å². The van der Waals surface area contributed by atoms with Crippen molar-refractivity contribution in [1.29, 1.82) is 0 Å². The van der Waals surface area contributed by atoms with Crippen molar-refractivity contribution in [3.8, 4) is 0 Å². The maximum atomic E-state index is 5.67. The Labute approximate surface area is 63.4 Å². The lowest BCUT2D eigenvalue weighted by Gasteiger charge is -1.85. The van der Waals surface area contributed by atoms with Gasteiger partial charge in [0.25, 0.3) is 0 Å². The van der Waals surface area contributed by atoms with Crippen molar-refractivity contribution in [3.63, 3.8) is 0 Å². The third-order valence-corrected chi connectivity index (χ3v) is 4.54. The molecule has 3 atom stereocenters. The van der Waals surface area contributed by atoms with E-state index in [9.17, 15) is 0 Å². The van der Waals surface area contributed by atoms with E-state index < -0.39 is 0 Å². The second kappa shape index (κ2) is 4.50. The predicted molar refractivity (Wildman–Crippen MR) is 48.5 cm³/mol. The molecule has 1 rings (SSSR count). The van der Waals surface area contributed by atoms with Gasteiger partial charge in [0.15, 0.2) is 0 Å². The Morgan fingerprint density at radius 1 is 1.67 bits per heavy atom. The van der Waals surface area contributed by atoms with E-state index in [-0.39, 0.29) is 0 Å². The van der Waals surface area contributed by atoms with E-state index in [0.29, 0.717) is 25.5 Å². The van der Waals surface area contributed by atoms with Crippen molar-refractivity contribution < 1.29 is 0 Å². The molecule has 9 heteroatoms. The molecule has 0 bridgehead atoms. The number of hydrogen-bond acceptors (Lipinski definition) is 1. The van der Waals surface area contributed by atoms with Crippen LogP contribution in [0.25, 0.3) is 0 Å². The standard InChI is InChI=1S/ClH5N4P4/c1-5-8-3-6-2-7-4-9-5/h3,6,8-9H,(H,2,4). The maximum Gasteiger partial charge on any atom is 0.138 e. The van der Waals surface area contributed by atoms with Gasteiger partial charge in [0.2, 0.25) is 0 Å². The highest BCUT2D eigenvalue weighted by atomic mass is 35.5. The second-order valence-corrected chi connectivity index (χ2v) is 6.87. The molecule has 52 valence electrons. The van der Waals surface area contributed by atoms with Crippen LogP contribution in [-0.2, 0) is 0 Å². The number of nitrogens with zero attached hydrogens (tertiary/aromatic N) is 2. The molecule has 0 amide bonds. The minimum absolute atomic E-state index is 0.367. The summed E-state index contributed by atoms with van der Waals surface area (Å²) < 4.78 is 11.9. The van der Waals surface area contributed by atoms with Crippen molar-refractivity contribution in [3.05, 3.63) is 0 Å². The van der Waals surface area contributed by atoms with Gasteiger partial charge in [-0.15, -0.1) is 0 Å². The van der Waals surface area contributed by atoms with Gasteiger partial charge in [-0.3, -0.25) is 0 Å². The number of H-pyrrole nitrogens is 2. The van der Waals surface area contributed by atoms with Gasteiger partial charge >= 0.3 is 0 Å². The van der Waals surface area contributed by atoms with Crippen molar-refractivity contribution in [2.24, 2.45) is 0 Å². The topological polar surface area (TPSA) is 49.4 Å². The van der Waals surface area contributed by atoms with Crippen molar-refractivity contribution in [2.75, 3.05) is 0 Å². The average Bonchev–Trinajstić information content (AvgIpc) is 1.79. The van der Waals surface area contributed by atoms with Gasteiger partial charge in [-0.25, -0.2) is 3.61 Å². The summed E-state index contributed by atoms with van der Waals surface area (Å²) in [5, 5.41) is 0. The fourth-order valence-electron chi connectivity index (χ4n) is 0.242. The molecule has 0 spiro atoms. The first kappa shape index (κ1) is 7.79. The number of hydrogen-bond donors (Lipinski definition) is 2. The molecule has 3 unspecified atom stereocenters. The Bertz CT molecular complexity index is 195. The molecule has 0 aliphatic carbocycles. The molecule has 0 aromatic carbocycles. The fourth-order valence-corrected chi connectivity index (χ4v) is 4.72. The molecule has 0 saturated carbocycles. The summed E-state index contributed by atoms with van der Waals surface area (Å²) in [5.41, 5.74) is 0. The van der Waals surface area contributed by atoms with Crippen LogP contribution >= 0.6 is 45.8 Å². The molecule has 0 radical (unpaired) electrons. The van der Waals surface area contributed by atoms with Crippen molar-refractivity contribution >= 4 is 45.8 Å². The van der Waals surface area contributed by atoms with E-state index in [1.54, 1.807) is 3.61 Å². The number of rotatable bonds is 0. The summed E-state index contributed by atoms with van der Waals surface area (Å²) in [5.74, 6) is 0. The van der Waals surface area contributed by atoms with Crippen molar-refractivity contribution in [2.45, 2.75) is 0 Å². The summed E-state index contributed by atoms with van der Waals surface area (Å²) in [6, 6.07) is 0. The molecule has 0 aliphatic rings. The molecule has 2 N–H and O–H groups in total. The lowest BCUT2D eigenvalue weighted by Crippen LogP contribution is -1.59. The molecule has 0 saturated heterocycles. The predicted octanol–water partition coefficient (Wildman–Crippen LogP) is 2.46. The first-order valence-electron chi connectivity index (χ1n) is 2.01. The molecule has 0 fully saturated rings. The highest BCUT2D eigenvalue weighted by Gasteiger charge is 1.67. The van der Waals surface area contributed by atoms with Crippen LogP contribution in [0.2, 0.25) is 0 Å². The smallest absolute Gasteiger partial charge is 0.138 e. The summed E-state index contributed by atoms with van der Waals surface area (Å²) in [6.45, 7) is 0. The summed E-state index contributed by atoms with van der Waals surface area (Å²) in [4.78, 5) is 0. The number of aromatic amines is 2. The SMILES string of the molecule is Cln1[pH]np[nH][pH][nH][pH]1. The minimum atomic E-state index is 0.367. The van der Waals surface area contributed by atoms with Crippen LogP contribution in [0.5, 0.6) is 0 Å². The van der Waals surface area contributed by atoms with Crippen LogP contribution in [-0.4, -0.2) is 17.1 Å². The Kier molecular flexibility index (Phi) is 3.89. The van der Waals surface area contributed by atoms with Gasteiger partial charge in [-0.2, -0.15) is 4.51 Å². The van der Waals surface area contributed by atoms with Gasteiger partial charge in [0, 0.05) is 28.8 Å². The summed E-state index contributed by atoms with van der Waals surface area (Å²) >= 11 is 5.67. The maximum absolute atomic E-state index is 5.67. The third-order valence-electron chi connectivity index (χ3n) is 0.505. The van der Waals surface area contributed by atoms with Gasteiger partial charge < -0.3 is 9.02 Å². The zero-order chi connectivity index (χ0) is 6.53. The lowest BCUT2D eigenvalue weighted by molar-refractivity contribution is 1.60. The highest BCUT2D eigenvalue weighted by molar-refractivity contribution is 7.45. The van der Waals surface area contributed by atoms with E-state index in [2.05, 4.69) is 13.5 Å². The lowest BCUT2D eigenvalue weighted by atomic mass is 13.8. The van der Waals surface area contributed by atoms with E-state index in [1.807, 2.05) is 0 Å². The van der Waals surface area contributed by atoms with Gasteiger partial charge in [0.05, 0.1) is 8.51 Å². The molecular weight excluding hydrogens is 215 g/mol. The van der Waals surface area contributed by atoms with Crippen LogP contribution in [0, 0.1) is 0 Å². The largest absolute Gasteiger partial charge is 0.313 e. The zero-order valence-electron chi connectivity index (χ0n) is 4.22. The molecule has 1 heterocycles. The Morgan fingerprint density at radius 3 is 3.44 bits per heavy atom. The van der Waals surface area contributed by atoms with E-state index >= 15 is 0 Å². The number of aromatic nitrogens is 4. The Balaban J connectivity index is 3.08. The van der Waals surface area contributed by atoms with E-state index in [0.717, 1.165) is 8.51 Å². The van der Waals surface area contributed by atoms with Crippen LogP contribution in [0.3, 0.4) is 0 Å². The molecule has 0 aliphatic heterocycles. The van der Waals surface area contributed by atoms with Crippen LogP contribution in [0.4, 0.5) is 0 Å². The molecular formula is H5ClN4P4. The Hall–Kier alpha value is 0.690. The molecule has 1 aromatic heterocycles. The second-order valence-electron chi connectivity index (χ2n) is 1.05. The van der Waals surface area contributed by atoms with Crippen molar-refractivity contribution in [1.82, 2.24) is 17.1 Å². The average molecular weight is 220 g/mol.